The van der Waals surface area contributed by atoms with Gasteiger partial charge in [0, 0.05) is 18.5 Å². The summed E-state index contributed by atoms with van der Waals surface area (Å²) in [5, 5.41) is 20.4. The Hall–Kier alpha value is -2.05. The second kappa shape index (κ2) is 7.68. The standard InChI is InChI=1S/C18H26N2O4/c1-11-8-16(20(9-12(2)21)10-13(3)22)19-18-15(24-5)7-6-14(23-4)17(11)18/h6-8,12-13,21-22H,9-10H2,1-5H3/t12-,13-/m1/s1. The number of aromatic nitrogens is 1. The van der Waals surface area contributed by atoms with Gasteiger partial charge < -0.3 is 24.6 Å². The van der Waals surface area contributed by atoms with Gasteiger partial charge in [-0.1, -0.05) is 0 Å². The van der Waals surface area contributed by atoms with Crippen LogP contribution in [-0.2, 0) is 0 Å². The van der Waals surface area contributed by atoms with E-state index >= 15 is 0 Å². The van der Waals surface area contributed by atoms with Crippen LogP contribution in [0.5, 0.6) is 11.5 Å². The highest BCUT2D eigenvalue weighted by molar-refractivity contribution is 5.94. The average Bonchev–Trinajstić information content (AvgIpc) is 2.52. The third-order valence-corrected chi connectivity index (χ3v) is 3.80. The number of ether oxygens (including phenoxy) is 2. The van der Waals surface area contributed by atoms with Crippen LogP contribution >= 0.6 is 0 Å². The minimum absolute atomic E-state index is 0.384. The van der Waals surface area contributed by atoms with Gasteiger partial charge in [-0.25, -0.2) is 4.98 Å². The summed E-state index contributed by atoms with van der Waals surface area (Å²) in [6.45, 7) is 6.18. The molecule has 1 heterocycles. The number of hydrogen-bond acceptors (Lipinski definition) is 6. The van der Waals surface area contributed by atoms with Crippen LogP contribution in [-0.4, -0.2) is 54.7 Å². The number of fused-ring (bicyclic) bond motifs is 1. The SMILES string of the molecule is COc1ccc(OC)c2c(C)cc(N(C[C@@H](C)O)C[C@@H](C)O)nc12. The minimum Gasteiger partial charge on any atom is -0.496 e. The molecule has 0 aliphatic carbocycles. The molecule has 1 aromatic heterocycles. The molecule has 2 aromatic rings. The average molecular weight is 334 g/mol. The van der Waals surface area contributed by atoms with E-state index in [2.05, 4.69) is 0 Å². The molecule has 6 nitrogen and oxygen atoms in total. The molecule has 0 aliphatic rings. The van der Waals surface area contributed by atoms with Crippen molar-refractivity contribution in [3.63, 3.8) is 0 Å². The van der Waals surface area contributed by atoms with Crippen molar-refractivity contribution in [2.24, 2.45) is 0 Å². The number of aliphatic hydroxyl groups excluding tert-OH is 2. The molecule has 0 spiro atoms. The van der Waals surface area contributed by atoms with E-state index in [1.165, 1.54) is 0 Å². The van der Waals surface area contributed by atoms with Gasteiger partial charge in [-0.2, -0.15) is 0 Å². The molecule has 0 amide bonds. The van der Waals surface area contributed by atoms with Crippen molar-refractivity contribution in [1.29, 1.82) is 0 Å². The molecule has 2 rings (SSSR count). The number of anilines is 1. The normalized spacial score (nSPS) is 13.6. The maximum absolute atomic E-state index is 9.77. The van der Waals surface area contributed by atoms with Crippen molar-refractivity contribution >= 4 is 16.7 Å². The Morgan fingerprint density at radius 1 is 1.04 bits per heavy atom. The van der Waals surface area contributed by atoms with Crippen LogP contribution in [0.4, 0.5) is 5.82 Å². The molecule has 2 N–H and O–H groups in total. The molecule has 132 valence electrons. The van der Waals surface area contributed by atoms with Crippen LogP contribution in [0.15, 0.2) is 18.2 Å². The summed E-state index contributed by atoms with van der Waals surface area (Å²) in [7, 11) is 3.23. The zero-order chi connectivity index (χ0) is 17.9. The van der Waals surface area contributed by atoms with Crippen LogP contribution in [0.25, 0.3) is 10.9 Å². The van der Waals surface area contributed by atoms with E-state index in [4.69, 9.17) is 14.5 Å². The van der Waals surface area contributed by atoms with Gasteiger partial charge in [0.15, 0.2) is 0 Å². The first-order valence-electron chi connectivity index (χ1n) is 8.00. The lowest BCUT2D eigenvalue weighted by molar-refractivity contribution is 0.178. The molecule has 0 unspecified atom stereocenters. The molecule has 0 saturated heterocycles. The van der Waals surface area contributed by atoms with E-state index in [1.54, 1.807) is 28.1 Å². The first kappa shape index (κ1) is 18.3. The second-order valence-electron chi connectivity index (χ2n) is 6.09. The third-order valence-electron chi connectivity index (χ3n) is 3.80. The van der Waals surface area contributed by atoms with E-state index in [-0.39, 0.29) is 0 Å². The van der Waals surface area contributed by atoms with Crippen molar-refractivity contribution in [2.45, 2.75) is 33.0 Å². The molecule has 24 heavy (non-hydrogen) atoms. The number of nitrogens with zero attached hydrogens (tertiary/aromatic N) is 2. The van der Waals surface area contributed by atoms with Crippen LogP contribution in [0.1, 0.15) is 19.4 Å². The zero-order valence-corrected chi connectivity index (χ0v) is 14.9. The minimum atomic E-state index is -0.534. The first-order chi connectivity index (χ1) is 11.4. The Morgan fingerprint density at radius 3 is 2.08 bits per heavy atom. The maximum atomic E-state index is 9.77. The quantitative estimate of drug-likeness (QED) is 0.808. The highest BCUT2D eigenvalue weighted by atomic mass is 16.5. The van der Waals surface area contributed by atoms with Crippen molar-refractivity contribution in [2.75, 3.05) is 32.2 Å². The fourth-order valence-electron chi connectivity index (χ4n) is 2.85. The monoisotopic (exact) mass is 334 g/mol. The molecule has 1 aromatic carbocycles. The Labute approximate surface area is 142 Å². The molecule has 0 radical (unpaired) electrons. The van der Waals surface area contributed by atoms with E-state index in [0.717, 1.165) is 16.7 Å². The fourth-order valence-corrected chi connectivity index (χ4v) is 2.85. The summed E-state index contributed by atoms with van der Waals surface area (Å²) < 4.78 is 10.9. The van der Waals surface area contributed by atoms with Crippen molar-refractivity contribution in [3.8, 4) is 11.5 Å². The Kier molecular flexibility index (Phi) is 5.85. The predicted octanol–water partition coefficient (Wildman–Crippen LogP) is 2.13. The summed E-state index contributed by atoms with van der Waals surface area (Å²) in [5.41, 5.74) is 1.69. The number of aliphatic hydroxyl groups is 2. The number of benzene rings is 1. The Morgan fingerprint density at radius 2 is 1.58 bits per heavy atom. The second-order valence-corrected chi connectivity index (χ2v) is 6.09. The smallest absolute Gasteiger partial charge is 0.145 e. The van der Waals surface area contributed by atoms with Crippen LogP contribution in [0, 0.1) is 6.92 Å². The summed E-state index contributed by atoms with van der Waals surface area (Å²) >= 11 is 0. The first-order valence-corrected chi connectivity index (χ1v) is 8.00. The maximum Gasteiger partial charge on any atom is 0.145 e. The number of methoxy groups -OCH3 is 2. The van der Waals surface area contributed by atoms with Crippen LogP contribution < -0.4 is 14.4 Å². The van der Waals surface area contributed by atoms with Crippen molar-refractivity contribution in [1.82, 2.24) is 4.98 Å². The Balaban J connectivity index is 2.62. The number of aryl methyl sites for hydroxylation is 1. The van der Waals surface area contributed by atoms with E-state index in [0.29, 0.717) is 30.2 Å². The zero-order valence-electron chi connectivity index (χ0n) is 14.9. The molecule has 6 heteroatoms. The van der Waals surface area contributed by atoms with E-state index < -0.39 is 12.2 Å². The summed E-state index contributed by atoms with van der Waals surface area (Å²) in [4.78, 5) is 6.60. The molecule has 0 fully saturated rings. The number of pyridine rings is 1. The van der Waals surface area contributed by atoms with E-state index in [9.17, 15) is 10.2 Å². The summed E-state index contributed by atoms with van der Waals surface area (Å²) in [5.74, 6) is 2.08. The molecule has 0 saturated carbocycles. The van der Waals surface area contributed by atoms with Crippen LogP contribution in [0.3, 0.4) is 0 Å². The van der Waals surface area contributed by atoms with Gasteiger partial charge in [0.2, 0.25) is 0 Å². The van der Waals surface area contributed by atoms with Gasteiger partial charge in [-0.3, -0.25) is 0 Å². The molecule has 0 bridgehead atoms. The van der Waals surface area contributed by atoms with Crippen molar-refractivity contribution in [3.05, 3.63) is 23.8 Å². The lowest BCUT2D eigenvalue weighted by Gasteiger charge is -2.27. The van der Waals surface area contributed by atoms with Crippen LogP contribution in [0.2, 0.25) is 0 Å². The van der Waals surface area contributed by atoms with Gasteiger partial charge in [0.25, 0.3) is 0 Å². The highest BCUT2D eigenvalue weighted by Crippen LogP contribution is 2.36. The van der Waals surface area contributed by atoms with Gasteiger partial charge in [0.1, 0.15) is 22.8 Å². The molecular formula is C18H26N2O4. The third kappa shape index (κ3) is 3.88. The predicted molar refractivity (Wildman–Crippen MR) is 95.2 cm³/mol. The molecule has 0 aliphatic heterocycles. The Bertz CT molecular complexity index is 691. The highest BCUT2D eigenvalue weighted by Gasteiger charge is 2.18. The van der Waals surface area contributed by atoms with Gasteiger partial charge in [-0.15, -0.1) is 0 Å². The molecular weight excluding hydrogens is 308 g/mol. The lowest BCUT2D eigenvalue weighted by atomic mass is 10.1. The lowest BCUT2D eigenvalue weighted by Crippen LogP contribution is -2.37. The van der Waals surface area contributed by atoms with Gasteiger partial charge in [-0.05, 0) is 44.5 Å². The van der Waals surface area contributed by atoms with Crippen molar-refractivity contribution < 1.29 is 19.7 Å². The topological polar surface area (TPSA) is 75.1 Å². The van der Waals surface area contributed by atoms with E-state index in [1.807, 2.05) is 30.0 Å². The summed E-state index contributed by atoms with van der Waals surface area (Å²) in [6, 6.07) is 5.62. The summed E-state index contributed by atoms with van der Waals surface area (Å²) in [6.07, 6.45) is -1.07. The number of hydrogen-bond donors (Lipinski definition) is 2. The fraction of sp³-hybridized carbons (Fsp3) is 0.500. The van der Waals surface area contributed by atoms with Gasteiger partial charge in [0.05, 0.1) is 26.4 Å². The largest absolute Gasteiger partial charge is 0.496 e. The molecule has 2 atom stereocenters. The van der Waals surface area contributed by atoms with Gasteiger partial charge >= 0.3 is 0 Å². The number of rotatable bonds is 7.